The maximum absolute atomic E-state index is 8.67. The highest BCUT2D eigenvalue weighted by Crippen LogP contribution is 2.08. The van der Waals surface area contributed by atoms with E-state index in [1.165, 1.54) is 0 Å². The van der Waals surface area contributed by atoms with Gasteiger partial charge in [0.2, 0.25) is 0 Å². The molecule has 0 heterocycles. The molecule has 0 bridgehead atoms. The van der Waals surface area contributed by atoms with Crippen molar-refractivity contribution in [1.82, 2.24) is 5.32 Å². The number of nitrogens with two attached hydrogens (primary N) is 1. The van der Waals surface area contributed by atoms with E-state index < -0.39 is 0 Å². The Kier molecular flexibility index (Phi) is 4.79. The van der Waals surface area contributed by atoms with E-state index in [1.807, 2.05) is 24.3 Å². The summed E-state index contributed by atoms with van der Waals surface area (Å²) in [4.78, 5) is 0. The highest BCUT2D eigenvalue weighted by atomic mass is 16.4. The predicted molar refractivity (Wildman–Crippen MR) is 65.5 cm³/mol. The molecule has 0 fully saturated rings. The normalized spacial score (nSPS) is 12.1. The van der Waals surface area contributed by atoms with Gasteiger partial charge in [-0.3, -0.25) is 0 Å². The Morgan fingerprint density at radius 2 is 2.12 bits per heavy atom. The molecule has 0 radical (unpaired) electrons. The molecule has 1 aromatic rings. The zero-order valence-electron chi connectivity index (χ0n) is 9.77. The van der Waals surface area contributed by atoms with Crippen molar-refractivity contribution in [3.63, 3.8) is 0 Å². The molecule has 88 valence electrons. The van der Waals surface area contributed by atoms with Gasteiger partial charge < -0.3 is 16.3 Å². The van der Waals surface area contributed by atoms with Gasteiger partial charge in [-0.05, 0) is 18.0 Å². The predicted octanol–water partition coefficient (Wildman–Crippen LogP) is 1.53. The molecule has 0 aliphatic rings. The lowest BCUT2D eigenvalue weighted by Gasteiger charge is -2.10. The van der Waals surface area contributed by atoms with Crippen molar-refractivity contribution in [2.75, 3.05) is 6.54 Å². The molecule has 4 N–H and O–H groups in total. The van der Waals surface area contributed by atoms with Gasteiger partial charge in [0.1, 0.15) is 0 Å². The quantitative estimate of drug-likeness (QED) is 0.305. The van der Waals surface area contributed by atoms with Crippen molar-refractivity contribution in [1.29, 1.82) is 0 Å². The van der Waals surface area contributed by atoms with Gasteiger partial charge in [0.15, 0.2) is 5.84 Å². The molecule has 4 nitrogen and oxygen atoms in total. The lowest BCUT2D eigenvalue weighted by Crippen LogP contribution is -2.22. The Labute approximate surface area is 96.2 Å². The Hall–Kier alpha value is -1.55. The fraction of sp³-hybridized carbons (Fsp3) is 0.417. The molecule has 0 unspecified atom stereocenters. The van der Waals surface area contributed by atoms with Gasteiger partial charge >= 0.3 is 0 Å². The Morgan fingerprint density at radius 3 is 2.75 bits per heavy atom. The minimum atomic E-state index is 0.155. The summed E-state index contributed by atoms with van der Waals surface area (Å²) in [7, 11) is 0. The van der Waals surface area contributed by atoms with E-state index in [1.54, 1.807) is 0 Å². The summed E-state index contributed by atoms with van der Waals surface area (Å²) in [6.07, 6.45) is 0. The minimum absolute atomic E-state index is 0.155. The molecular formula is C12H19N3O. The number of rotatable bonds is 5. The third kappa shape index (κ3) is 3.55. The molecule has 0 saturated carbocycles. The number of hydrogen-bond acceptors (Lipinski definition) is 3. The van der Waals surface area contributed by atoms with Gasteiger partial charge in [-0.1, -0.05) is 43.3 Å². The van der Waals surface area contributed by atoms with Crippen LogP contribution in [0.3, 0.4) is 0 Å². The molecule has 1 aromatic carbocycles. The van der Waals surface area contributed by atoms with Crippen LogP contribution in [0.15, 0.2) is 29.4 Å². The van der Waals surface area contributed by atoms with E-state index >= 15 is 0 Å². The minimum Gasteiger partial charge on any atom is -0.409 e. The smallest absolute Gasteiger partial charge is 0.170 e. The number of nitrogens with one attached hydrogen (secondary N) is 1. The summed E-state index contributed by atoms with van der Waals surface area (Å²) < 4.78 is 0. The lowest BCUT2D eigenvalue weighted by atomic mass is 10.1. The fourth-order valence-corrected chi connectivity index (χ4v) is 1.47. The summed E-state index contributed by atoms with van der Waals surface area (Å²) in [5.74, 6) is 0.762. The van der Waals surface area contributed by atoms with Gasteiger partial charge in [0, 0.05) is 12.1 Å². The topological polar surface area (TPSA) is 70.6 Å². The van der Waals surface area contributed by atoms with E-state index in [0.29, 0.717) is 5.92 Å². The maximum Gasteiger partial charge on any atom is 0.170 e. The van der Waals surface area contributed by atoms with Crippen LogP contribution in [0.2, 0.25) is 0 Å². The van der Waals surface area contributed by atoms with Gasteiger partial charge in [-0.2, -0.15) is 0 Å². The van der Waals surface area contributed by atoms with Crippen molar-refractivity contribution >= 4 is 5.84 Å². The van der Waals surface area contributed by atoms with Crippen molar-refractivity contribution in [3.8, 4) is 0 Å². The second kappa shape index (κ2) is 6.12. The first-order valence-corrected chi connectivity index (χ1v) is 5.41. The largest absolute Gasteiger partial charge is 0.409 e. The van der Waals surface area contributed by atoms with E-state index in [4.69, 9.17) is 10.9 Å². The SMILES string of the molecule is CC(C)CNCc1ccccc1C(N)=NO. The molecule has 0 amide bonds. The molecule has 0 aliphatic heterocycles. The molecule has 16 heavy (non-hydrogen) atoms. The summed E-state index contributed by atoms with van der Waals surface area (Å²) in [6.45, 7) is 5.99. The molecule has 0 aliphatic carbocycles. The maximum atomic E-state index is 8.67. The number of nitrogens with zero attached hydrogens (tertiary/aromatic N) is 1. The van der Waals surface area contributed by atoms with E-state index in [-0.39, 0.29) is 5.84 Å². The second-order valence-electron chi connectivity index (χ2n) is 4.17. The van der Waals surface area contributed by atoms with Crippen molar-refractivity contribution in [3.05, 3.63) is 35.4 Å². The van der Waals surface area contributed by atoms with E-state index in [9.17, 15) is 0 Å². The van der Waals surface area contributed by atoms with Crippen LogP contribution in [-0.2, 0) is 6.54 Å². The van der Waals surface area contributed by atoms with Crippen molar-refractivity contribution in [2.24, 2.45) is 16.8 Å². The monoisotopic (exact) mass is 221 g/mol. The Morgan fingerprint density at radius 1 is 1.44 bits per heavy atom. The highest BCUT2D eigenvalue weighted by Gasteiger charge is 2.05. The summed E-state index contributed by atoms with van der Waals surface area (Å²) in [5, 5.41) is 15.0. The van der Waals surface area contributed by atoms with Gasteiger partial charge in [-0.25, -0.2) is 0 Å². The van der Waals surface area contributed by atoms with Crippen LogP contribution in [-0.4, -0.2) is 17.6 Å². The van der Waals surface area contributed by atoms with Crippen LogP contribution in [0.25, 0.3) is 0 Å². The Balaban J connectivity index is 2.72. The molecule has 4 heteroatoms. The third-order valence-corrected chi connectivity index (χ3v) is 2.27. The zero-order chi connectivity index (χ0) is 12.0. The van der Waals surface area contributed by atoms with E-state index in [2.05, 4.69) is 24.3 Å². The van der Waals surface area contributed by atoms with Crippen molar-refractivity contribution < 1.29 is 5.21 Å². The summed E-state index contributed by atoms with van der Waals surface area (Å²) in [6, 6.07) is 7.64. The number of amidine groups is 1. The average Bonchev–Trinajstić information content (AvgIpc) is 2.28. The Bertz CT molecular complexity index is 361. The second-order valence-corrected chi connectivity index (χ2v) is 4.17. The third-order valence-electron chi connectivity index (χ3n) is 2.27. The van der Waals surface area contributed by atoms with Crippen LogP contribution in [0, 0.1) is 5.92 Å². The number of oxime groups is 1. The molecule has 0 aromatic heterocycles. The standard InChI is InChI=1S/C12H19N3O/c1-9(2)7-14-8-10-5-3-4-6-11(10)12(13)15-16/h3-6,9,14,16H,7-8H2,1-2H3,(H2,13,15). The summed E-state index contributed by atoms with van der Waals surface area (Å²) in [5.41, 5.74) is 7.42. The van der Waals surface area contributed by atoms with Gasteiger partial charge in [0.05, 0.1) is 0 Å². The molecule has 0 atom stereocenters. The first-order chi connectivity index (χ1) is 7.65. The van der Waals surface area contributed by atoms with Crippen LogP contribution in [0.4, 0.5) is 0 Å². The molecule has 0 saturated heterocycles. The average molecular weight is 221 g/mol. The van der Waals surface area contributed by atoms with Crippen LogP contribution >= 0.6 is 0 Å². The van der Waals surface area contributed by atoms with Gasteiger partial charge in [0.25, 0.3) is 0 Å². The molecular weight excluding hydrogens is 202 g/mol. The first-order valence-electron chi connectivity index (χ1n) is 5.41. The molecule has 0 spiro atoms. The van der Waals surface area contributed by atoms with Crippen molar-refractivity contribution in [2.45, 2.75) is 20.4 Å². The zero-order valence-corrected chi connectivity index (χ0v) is 9.77. The van der Waals surface area contributed by atoms with Crippen LogP contribution in [0.5, 0.6) is 0 Å². The van der Waals surface area contributed by atoms with E-state index in [0.717, 1.165) is 24.2 Å². The fourth-order valence-electron chi connectivity index (χ4n) is 1.47. The number of hydrogen-bond donors (Lipinski definition) is 3. The number of benzene rings is 1. The van der Waals surface area contributed by atoms with Gasteiger partial charge in [-0.15, -0.1) is 0 Å². The van der Waals surface area contributed by atoms with Crippen LogP contribution < -0.4 is 11.1 Å². The highest BCUT2D eigenvalue weighted by molar-refractivity contribution is 5.98. The lowest BCUT2D eigenvalue weighted by molar-refractivity contribution is 0.318. The molecule has 1 rings (SSSR count). The first kappa shape index (κ1) is 12.5. The summed E-state index contributed by atoms with van der Waals surface area (Å²) >= 11 is 0. The van der Waals surface area contributed by atoms with Crippen LogP contribution in [0.1, 0.15) is 25.0 Å².